The van der Waals surface area contributed by atoms with Crippen LogP contribution >= 0.6 is 0 Å². The minimum absolute atomic E-state index is 0.368. The summed E-state index contributed by atoms with van der Waals surface area (Å²) >= 11 is 0. The Morgan fingerprint density at radius 2 is 1.18 bits per heavy atom. The van der Waals surface area contributed by atoms with Crippen molar-refractivity contribution in [3.63, 3.8) is 0 Å². The summed E-state index contributed by atoms with van der Waals surface area (Å²) in [7, 11) is 0. The molecule has 3 heteroatoms. The number of hydrogen-bond acceptors (Lipinski definition) is 3. The molecule has 0 radical (unpaired) electrons. The number of aldehydes is 3. The Bertz CT molecular complexity index is 139. The molecule has 0 aliphatic carbocycles. The first-order valence-electron chi connectivity index (χ1n) is 3.53. The van der Waals surface area contributed by atoms with Crippen LogP contribution in [-0.2, 0) is 14.4 Å². The molecule has 0 aromatic heterocycles. The summed E-state index contributed by atoms with van der Waals surface area (Å²) in [5.74, 6) is -1.20. The minimum atomic E-state index is -0.468. The van der Waals surface area contributed by atoms with E-state index in [1.165, 1.54) is 0 Å². The van der Waals surface area contributed by atoms with Crippen LogP contribution in [0.4, 0.5) is 0 Å². The number of hydrogen-bond donors (Lipinski definition) is 0. The lowest BCUT2D eigenvalue weighted by Crippen LogP contribution is -2.23. The van der Waals surface area contributed by atoms with Crippen molar-refractivity contribution in [2.24, 2.45) is 17.8 Å². The molecule has 0 amide bonds. The normalized spacial score (nSPS) is 18.0. The minimum Gasteiger partial charge on any atom is -0.303 e. The van der Waals surface area contributed by atoms with Gasteiger partial charge in [-0.3, -0.25) is 0 Å². The second-order valence-corrected chi connectivity index (χ2v) is 2.70. The van der Waals surface area contributed by atoms with Gasteiger partial charge in [-0.15, -0.1) is 0 Å². The van der Waals surface area contributed by atoms with Crippen LogP contribution in [0.2, 0.25) is 0 Å². The maximum Gasteiger partial charge on any atom is 0.124 e. The summed E-state index contributed by atoms with van der Waals surface area (Å²) in [6, 6.07) is 0. The van der Waals surface area contributed by atoms with Gasteiger partial charge in [-0.25, -0.2) is 0 Å². The summed E-state index contributed by atoms with van der Waals surface area (Å²) in [6.45, 7) is 3.26. The number of carbonyl (C=O) groups excluding carboxylic acids is 3. The van der Waals surface area contributed by atoms with Crippen molar-refractivity contribution < 1.29 is 14.4 Å². The first kappa shape index (κ1) is 10.0. The van der Waals surface area contributed by atoms with Gasteiger partial charge in [-0.2, -0.15) is 0 Å². The lowest BCUT2D eigenvalue weighted by Gasteiger charge is -2.15. The third-order valence-corrected chi connectivity index (χ3v) is 1.80. The van der Waals surface area contributed by atoms with E-state index in [1.54, 1.807) is 13.8 Å². The zero-order valence-corrected chi connectivity index (χ0v) is 6.69. The Kier molecular flexibility index (Phi) is 4.34. The fraction of sp³-hybridized carbons (Fsp3) is 0.625. The molecule has 0 spiro atoms. The van der Waals surface area contributed by atoms with Crippen LogP contribution in [-0.4, -0.2) is 18.9 Å². The maximum absolute atomic E-state index is 10.4. The summed E-state index contributed by atoms with van der Waals surface area (Å²) < 4.78 is 0. The molecule has 2 atom stereocenters. The van der Waals surface area contributed by atoms with Gasteiger partial charge in [0.2, 0.25) is 0 Å². The molecular weight excluding hydrogens is 144 g/mol. The fourth-order valence-electron chi connectivity index (χ4n) is 0.908. The van der Waals surface area contributed by atoms with E-state index < -0.39 is 5.92 Å². The van der Waals surface area contributed by atoms with E-state index in [9.17, 15) is 14.4 Å². The summed E-state index contributed by atoms with van der Waals surface area (Å²) in [4.78, 5) is 30.9. The van der Waals surface area contributed by atoms with E-state index in [0.29, 0.717) is 18.9 Å². The van der Waals surface area contributed by atoms with Crippen LogP contribution in [0.3, 0.4) is 0 Å². The van der Waals surface area contributed by atoms with Gasteiger partial charge in [-0.1, -0.05) is 13.8 Å². The Hall–Kier alpha value is -0.990. The molecule has 0 bridgehead atoms. The van der Waals surface area contributed by atoms with Crippen LogP contribution in [0.5, 0.6) is 0 Å². The van der Waals surface area contributed by atoms with E-state index in [0.717, 1.165) is 0 Å². The van der Waals surface area contributed by atoms with Crippen molar-refractivity contribution in [3.8, 4) is 0 Å². The van der Waals surface area contributed by atoms with Crippen molar-refractivity contribution in [3.05, 3.63) is 0 Å². The molecule has 0 aromatic carbocycles. The SMILES string of the molecule is CC(C=O)C(C=O)C(C)C=O. The molecular formula is C8H12O3. The first-order chi connectivity index (χ1) is 5.17. The van der Waals surface area contributed by atoms with Gasteiger partial charge in [-0.05, 0) is 0 Å². The second kappa shape index (κ2) is 4.77. The van der Waals surface area contributed by atoms with Crippen LogP contribution in [0, 0.1) is 17.8 Å². The molecule has 0 aromatic rings. The van der Waals surface area contributed by atoms with Gasteiger partial charge in [0.1, 0.15) is 18.9 Å². The highest BCUT2D eigenvalue weighted by Gasteiger charge is 2.21. The number of carbonyl (C=O) groups is 3. The lowest BCUT2D eigenvalue weighted by atomic mass is 9.86. The third kappa shape index (κ3) is 2.62. The van der Waals surface area contributed by atoms with Crippen molar-refractivity contribution in [1.82, 2.24) is 0 Å². The zero-order valence-electron chi connectivity index (χ0n) is 6.69. The van der Waals surface area contributed by atoms with Crippen LogP contribution in [0.1, 0.15) is 13.8 Å². The van der Waals surface area contributed by atoms with E-state index in [-0.39, 0.29) is 11.8 Å². The van der Waals surface area contributed by atoms with Crippen molar-refractivity contribution in [1.29, 1.82) is 0 Å². The Balaban J connectivity index is 4.24. The molecule has 0 saturated heterocycles. The Morgan fingerprint density at radius 1 is 0.818 bits per heavy atom. The Labute approximate surface area is 65.8 Å². The van der Waals surface area contributed by atoms with Gasteiger partial charge >= 0.3 is 0 Å². The van der Waals surface area contributed by atoms with Gasteiger partial charge < -0.3 is 14.4 Å². The molecule has 0 saturated carbocycles. The average Bonchev–Trinajstić information content (AvgIpc) is 2.05. The summed E-state index contributed by atoms with van der Waals surface area (Å²) in [6.07, 6.45) is 2.05. The molecule has 0 heterocycles. The zero-order chi connectivity index (χ0) is 8.85. The molecule has 2 unspecified atom stereocenters. The fourth-order valence-corrected chi connectivity index (χ4v) is 0.908. The first-order valence-corrected chi connectivity index (χ1v) is 3.53. The van der Waals surface area contributed by atoms with E-state index in [2.05, 4.69) is 0 Å². The lowest BCUT2D eigenvalue weighted by molar-refractivity contribution is -0.123. The molecule has 0 aliphatic rings. The molecule has 0 rings (SSSR count). The predicted octanol–water partition coefficient (Wildman–Crippen LogP) is 0.472. The van der Waals surface area contributed by atoms with E-state index in [1.807, 2.05) is 0 Å². The van der Waals surface area contributed by atoms with Crippen LogP contribution < -0.4 is 0 Å². The molecule has 62 valence electrons. The number of rotatable bonds is 5. The van der Waals surface area contributed by atoms with Gasteiger partial charge in [0, 0.05) is 17.8 Å². The largest absolute Gasteiger partial charge is 0.303 e. The van der Waals surface area contributed by atoms with E-state index in [4.69, 9.17) is 0 Å². The smallest absolute Gasteiger partial charge is 0.124 e. The summed E-state index contributed by atoms with van der Waals surface area (Å²) in [5, 5.41) is 0. The third-order valence-electron chi connectivity index (χ3n) is 1.80. The molecule has 0 N–H and O–H groups in total. The Morgan fingerprint density at radius 3 is 1.36 bits per heavy atom. The quantitative estimate of drug-likeness (QED) is 0.544. The highest BCUT2D eigenvalue weighted by atomic mass is 16.1. The second-order valence-electron chi connectivity index (χ2n) is 2.70. The highest BCUT2D eigenvalue weighted by Crippen LogP contribution is 2.15. The highest BCUT2D eigenvalue weighted by molar-refractivity contribution is 5.70. The molecule has 3 nitrogen and oxygen atoms in total. The van der Waals surface area contributed by atoms with Crippen molar-refractivity contribution in [2.75, 3.05) is 0 Å². The van der Waals surface area contributed by atoms with Crippen molar-refractivity contribution in [2.45, 2.75) is 13.8 Å². The van der Waals surface area contributed by atoms with Crippen LogP contribution in [0.15, 0.2) is 0 Å². The molecule has 0 fully saturated rings. The van der Waals surface area contributed by atoms with Gasteiger partial charge in [0.15, 0.2) is 0 Å². The standard InChI is InChI=1S/C8H12O3/c1-6(3-9)8(5-11)7(2)4-10/h3-8H,1-2H3. The van der Waals surface area contributed by atoms with Crippen molar-refractivity contribution >= 4 is 18.9 Å². The molecule has 11 heavy (non-hydrogen) atoms. The van der Waals surface area contributed by atoms with E-state index >= 15 is 0 Å². The summed E-state index contributed by atoms with van der Waals surface area (Å²) in [5.41, 5.74) is 0. The average molecular weight is 156 g/mol. The predicted molar refractivity (Wildman–Crippen MR) is 40.0 cm³/mol. The maximum atomic E-state index is 10.4. The molecule has 0 aliphatic heterocycles. The van der Waals surface area contributed by atoms with Crippen LogP contribution in [0.25, 0.3) is 0 Å². The van der Waals surface area contributed by atoms with Gasteiger partial charge in [0.25, 0.3) is 0 Å². The topological polar surface area (TPSA) is 51.2 Å². The monoisotopic (exact) mass is 156 g/mol. The van der Waals surface area contributed by atoms with Gasteiger partial charge in [0.05, 0.1) is 0 Å².